The van der Waals surface area contributed by atoms with Crippen LogP contribution in [0.5, 0.6) is 0 Å². The molecule has 126 valence electrons. The summed E-state index contributed by atoms with van der Waals surface area (Å²) in [6, 6.07) is 5.37. The molecule has 1 fully saturated rings. The summed E-state index contributed by atoms with van der Waals surface area (Å²) in [6.45, 7) is 5.27. The second kappa shape index (κ2) is 6.95. The molecule has 0 N–H and O–H groups in total. The maximum atomic E-state index is 12.5. The van der Waals surface area contributed by atoms with Gasteiger partial charge in [-0.15, -0.1) is 0 Å². The number of pyridine rings is 1. The van der Waals surface area contributed by atoms with E-state index in [-0.39, 0.29) is 29.6 Å². The van der Waals surface area contributed by atoms with Crippen molar-refractivity contribution in [1.29, 1.82) is 0 Å². The molecule has 0 saturated carbocycles. The van der Waals surface area contributed by atoms with E-state index in [2.05, 4.69) is 9.97 Å². The predicted molar refractivity (Wildman–Crippen MR) is 88.9 cm³/mol. The number of aromatic nitrogens is 3. The summed E-state index contributed by atoms with van der Waals surface area (Å²) < 4.78 is 1.97. The highest BCUT2D eigenvalue weighted by Crippen LogP contribution is 2.39. The third kappa shape index (κ3) is 3.09. The maximum absolute atomic E-state index is 12.5. The zero-order chi connectivity index (χ0) is 17.1. The van der Waals surface area contributed by atoms with Crippen LogP contribution in [0.15, 0.2) is 43.1 Å². The van der Waals surface area contributed by atoms with Crippen LogP contribution in [0.2, 0.25) is 0 Å². The molecular weight excluding hydrogens is 304 g/mol. The quantitative estimate of drug-likeness (QED) is 0.762. The number of nitrogens with zero attached hydrogens (tertiary/aromatic N) is 4. The Morgan fingerprint density at radius 3 is 2.62 bits per heavy atom. The molecule has 1 aliphatic rings. The van der Waals surface area contributed by atoms with E-state index in [4.69, 9.17) is 0 Å². The van der Waals surface area contributed by atoms with Crippen molar-refractivity contribution < 1.29 is 9.59 Å². The molecule has 0 aromatic carbocycles. The molecule has 3 heterocycles. The van der Waals surface area contributed by atoms with Crippen molar-refractivity contribution in [2.75, 3.05) is 6.54 Å². The monoisotopic (exact) mass is 326 g/mol. The number of amides is 1. The van der Waals surface area contributed by atoms with E-state index < -0.39 is 0 Å². The number of ketones is 1. The van der Waals surface area contributed by atoms with Crippen LogP contribution in [-0.4, -0.2) is 37.7 Å². The van der Waals surface area contributed by atoms with Gasteiger partial charge < -0.3 is 9.47 Å². The first kappa shape index (κ1) is 16.4. The number of aryl methyl sites for hydroxylation is 1. The Morgan fingerprint density at radius 1 is 1.17 bits per heavy atom. The summed E-state index contributed by atoms with van der Waals surface area (Å²) in [5.41, 5.74) is 0.790. The Labute approximate surface area is 141 Å². The number of rotatable bonds is 6. The van der Waals surface area contributed by atoms with E-state index in [1.807, 2.05) is 42.8 Å². The summed E-state index contributed by atoms with van der Waals surface area (Å²) in [4.78, 5) is 35.1. The molecule has 0 aliphatic carbocycles. The zero-order valence-electron chi connectivity index (χ0n) is 14.0. The number of hydrogen-bond acceptors (Lipinski definition) is 4. The topological polar surface area (TPSA) is 68.1 Å². The Hall–Kier alpha value is -2.50. The molecule has 2 atom stereocenters. The molecule has 2 aromatic heterocycles. The molecule has 6 heteroatoms. The van der Waals surface area contributed by atoms with E-state index in [0.29, 0.717) is 6.54 Å². The highest BCUT2D eigenvalue weighted by atomic mass is 16.2. The van der Waals surface area contributed by atoms with Crippen molar-refractivity contribution in [3.63, 3.8) is 0 Å². The Kier molecular flexibility index (Phi) is 4.74. The van der Waals surface area contributed by atoms with Crippen molar-refractivity contribution in [2.45, 2.75) is 32.9 Å². The second-order valence-electron chi connectivity index (χ2n) is 6.49. The lowest BCUT2D eigenvalue weighted by Crippen LogP contribution is -2.32. The smallest absolute Gasteiger partial charge is 0.290 e. The number of carbonyl (C=O) groups excluding carboxylic acids is 2. The summed E-state index contributed by atoms with van der Waals surface area (Å²) >= 11 is 0. The minimum atomic E-state index is -0.380. The van der Waals surface area contributed by atoms with Gasteiger partial charge >= 0.3 is 0 Å². The van der Waals surface area contributed by atoms with Crippen LogP contribution >= 0.6 is 0 Å². The van der Waals surface area contributed by atoms with E-state index in [0.717, 1.165) is 18.7 Å². The Morgan fingerprint density at radius 2 is 2.00 bits per heavy atom. The number of imidazole rings is 1. The SMILES string of the molecule is CC(C)C1C(=O)C(=O)N(CCCn2ccnc2)C1c1ccccn1. The number of likely N-dealkylation sites (tertiary alicyclic amines) is 1. The van der Waals surface area contributed by atoms with Crippen LogP contribution in [0, 0.1) is 11.8 Å². The van der Waals surface area contributed by atoms with Gasteiger partial charge in [0.2, 0.25) is 5.78 Å². The number of hydrogen-bond donors (Lipinski definition) is 0. The fourth-order valence-electron chi connectivity index (χ4n) is 3.39. The van der Waals surface area contributed by atoms with Crippen LogP contribution in [-0.2, 0) is 16.1 Å². The van der Waals surface area contributed by atoms with Crippen molar-refractivity contribution in [3.8, 4) is 0 Å². The van der Waals surface area contributed by atoms with Gasteiger partial charge in [-0.2, -0.15) is 0 Å². The molecule has 1 aliphatic heterocycles. The number of Topliss-reactive ketones (excluding diaryl/α,β-unsaturated/α-hetero) is 1. The lowest BCUT2D eigenvalue weighted by atomic mass is 9.86. The van der Waals surface area contributed by atoms with Crippen LogP contribution in [0.1, 0.15) is 32.0 Å². The van der Waals surface area contributed by atoms with Crippen molar-refractivity contribution in [1.82, 2.24) is 19.4 Å². The second-order valence-corrected chi connectivity index (χ2v) is 6.49. The van der Waals surface area contributed by atoms with E-state index in [9.17, 15) is 9.59 Å². The average Bonchev–Trinajstić information content (AvgIpc) is 3.17. The molecule has 2 aromatic rings. The van der Waals surface area contributed by atoms with Crippen molar-refractivity contribution in [3.05, 3.63) is 48.8 Å². The standard InChI is InChI=1S/C18H22N4O2/c1-13(2)15-16(14-6-3-4-7-20-14)22(18(24)17(15)23)10-5-9-21-11-8-19-12-21/h3-4,6-8,11-13,15-16H,5,9-10H2,1-2H3. The molecule has 0 spiro atoms. The molecule has 6 nitrogen and oxygen atoms in total. The Balaban J connectivity index is 1.81. The van der Waals surface area contributed by atoms with Crippen LogP contribution < -0.4 is 0 Å². The van der Waals surface area contributed by atoms with Gasteiger partial charge in [-0.3, -0.25) is 14.6 Å². The molecule has 2 unspecified atom stereocenters. The van der Waals surface area contributed by atoms with Gasteiger partial charge in [-0.05, 0) is 24.5 Å². The maximum Gasteiger partial charge on any atom is 0.290 e. The largest absolute Gasteiger partial charge is 0.337 e. The van der Waals surface area contributed by atoms with Crippen molar-refractivity contribution in [2.24, 2.45) is 11.8 Å². The fraction of sp³-hybridized carbons (Fsp3) is 0.444. The highest BCUT2D eigenvalue weighted by Gasteiger charge is 2.49. The molecule has 1 saturated heterocycles. The molecule has 1 amide bonds. The molecule has 0 radical (unpaired) electrons. The number of carbonyl (C=O) groups is 2. The van der Waals surface area contributed by atoms with E-state index in [1.54, 1.807) is 23.6 Å². The summed E-state index contributed by atoms with van der Waals surface area (Å²) in [7, 11) is 0. The van der Waals surface area contributed by atoms with E-state index in [1.165, 1.54) is 0 Å². The van der Waals surface area contributed by atoms with E-state index >= 15 is 0 Å². The first-order valence-electron chi connectivity index (χ1n) is 8.31. The normalized spacial score (nSPS) is 21.0. The molecule has 24 heavy (non-hydrogen) atoms. The lowest BCUT2D eigenvalue weighted by Gasteiger charge is -2.28. The van der Waals surface area contributed by atoms with Crippen LogP contribution in [0.4, 0.5) is 0 Å². The van der Waals surface area contributed by atoms with Crippen molar-refractivity contribution >= 4 is 11.7 Å². The van der Waals surface area contributed by atoms with Gasteiger partial charge in [0.15, 0.2) is 0 Å². The van der Waals surface area contributed by atoms with Gasteiger partial charge in [-0.1, -0.05) is 19.9 Å². The summed E-state index contributed by atoms with van der Waals surface area (Å²) in [5, 5.41) is 0. The third-order valence-electron chi connectivity index (χ3n) is 4.53. The zero-order valence-corrected chi connectivity index (χ0v) is 14.0. The Bertz CT molecular complexity index is 697. The highest BCUT2D eigenvalue weighted by molar-refractivity contribution is 6.39. The van der Waals surface area contributed by atoms with Gasteiger partial charge in [0.1, 0.15) is 0 Å². The summed E-state index contributed by atoms with van der Waals surface area (Å²) in [5.74, 6) is -0.911. The fourth-order valence-corrected chi connectivity index (χ4v) is 3.39. The van der Waals surface area contributed by atoms with Crippen LogP contribution in [0.3, 0.4) is 0 Å². The first-order valence-corrected chi connectivity index (χ1v) is 8.31. The molecule has 3 rings (SSSR count). The van der Waals surface area contributed by atoms with Crippen LogP contribution in [0.25, 0.3) is 0 Å². The predicted octanol–water partition coefficient (Wildman–Crippen LogP) is 2.09. The first-order chi connectivity index (χ1) is 11.6. The summed E-state index contributed by atoms with van der Waals surface area (Å²) in [6.07, 6.45) is 7.86. The van der Waals surface area contributed by atoms with Gasteiger partial charge in [0.05, 0.1) is 24.0 Å². The molecular formula is C18H22N4O2. The van der Waals surface area contributed by atoms with Gasteiger partial charge in [0.25, 0.3) is 5.91 Å². The molecule has 0 bridgehead atoms. The average molecular weight is 326 g/mol. The van der Waals surface area contributed by atoms with Gasteiger partial charge in [0, 0.05) is 31.7 Å². The minimum Gasteiger partial charge on any atom is -0.337 e. The van der Waals surface area contributed by atoms with Gasteiger partial charge in [-0.25, -0.2) is 4.98 Å². The third-order valence-corrected chi connectivity index (χ3v) is 4.53. The minimum absolute atomic E-state index is 0.0899. The lowest BCUT2D eigenvalue weighted by molar-refractivity contribution is -0.141.